The lowest BCUT2D eigenvalue weighted by atomic mass is 9.94. The Labute approximate surface area is 160 Å². The van der Waals surface area contributed by atoms with Gasteiger partial charge in [0.1, 0.15) is 11.3 Å². The average Bonchev–Trinajstić information content (AvgIpc) is 2.83. The fourth-order valence-corrected chi connectivity index (χ4v) is 3.52. The maximum atomic E-state index is 11.8. The highest BCUT2D eigenvalue weighted by Gasteiger charge is 2.33. The van der Waals surface area contributed by atoms with E-state index in [2.05, 4.69) is 20.8 Å². The Morgan fingerprint density at radius 2 is 1.50 bits per heavy atom. The predicted molar refractivity (Wildman–Crippen MR) is 107 cm³/mol. The molecule has 1 aliphatic heterocycles. The summed E-state index contributed by atoms with van der Waals surface area (Å²) in [7, 11) is 1.59. The maximum absolute atomic E-state index is 11.8. The van der Waals surface area contributed by atoms with E-state index >= 15 is 0 Å². The molecule has 0 aromatic carbocycles. The second kappa shape index (κ2) is 12.1. The standard InChI is InChI=1S/C22H39NO3/c1-17(2)14-15-18(3)12-10-8-6-5-7-9-11-13-19(24)21-20(25)16-23(4)22(21)26/h17-18,24H,5-16H2,1-4H3. The van der Waals surface area contributed by atoms with Crippen LogP contribution in [0, 0.1) is 11.8 Å². The number of ketones is 1. The largest absolute Gasteiger partial charge is 0.511 e. The van der Waals surface area contributed by atoms with E-state index in [4.69, 9.17) is 0 Å². The minimum Gasteiger partial charge on any atom is -0.511 e. The van der Waals surface area contributed by atoms with Gasteiger partial charge in [0.2, 0.25) is 0 Å². The number of nitrogens with zero attached hydrogens (tertiary/aromatic N) is 1. The zero-order valence-electron chi connectivity index (χ0n) is 17.4. The molecule has 4 heteroatoms. The molecule has 1 unspecified atom stereocenters. The maximum Gasteiger partial charge on any atom is 0.261 e. The number of carbonyl (C=O) groups is 2. The van der Waals surface area contributed by atoms with Gasteiger partial charge in [-0.15, -0.1) is 0 Å². The number of allylic oxidation sites excluding steroid dienone is 1. The summed E-state index contributed by atoms with van der Waals surface area (Å²) in [6.45, 7) is 7.06. The first kappa shape index (κ1) is 22.7. The zero-order valence-corrected chi connectivity index (χ0v) is 17.4. The van der Waals surface area contributed by atoms with Crippen molar-refractivity contribution < 1.29 is 14.7 Å². The van der Waals surface area contributed by atoms with E-state index in [0.29, 0.717) is 6.42 Å². The van der Waals surface area contributed by atoms with Crippen LogP contribution < -0.4 is 0 Å². The van der Waals surface area contributed by atoms with Gasteiger partial charge in [-0.1, -0.05) is 78.6 Å². The van der Waals surface area contributed by atoms with Crippen LogP contribution in [0.1, 0.15) is 91.4 Å². The molecular formula is C22H39NO3. The number of carbonyl (C=O) groups excluding carboxylic acids is 2. The summed E-state index contributed by atoms with van der Waals surface area (Å²) < 4.78 is 0. The lowest BCUT2D eigenvalue weighted by Gasteiger charge is -2.12. The Bertz CT molecular complexity index is 482. The lowest BCUT2D eigenvalue weighted by Crippen LogP contribution is -2.19. The average molecular weight is 366 g/mol. The summed E-state index contributed by atoms with van der Waals surface area (Å²) in [5.41, 5.74) is 0.0130. The molecule has 150 valence electrons. The second-order valence-corrected chi connectivity index (χ2v) is 8.50. The van der Waals surface area contributed by atoms with Gasteiger partial charge in [0.05, 0.1) is 6.54 Å². The molecule has 0 spiro atoms. The number of hydrogen-bond donors (Lipinski definition) is 1. The molecule has 1 fully saturated rings. The summed E-state index contributed by atoms with van der Waals surface area (Å²) in [4.78, 5) is 24.9. The summed E-state index contributed by atoms with van der Waals surface area (Å²) in [5, 5.41) is 10.0. The van der Waals surface area contributed by atoms with Crippen molar-refractivity contribution in [2.45, 2.75) is 91.4 Å². The van der Waals surface area contributed by atoms with Gasteiger partial charge in [0.15, 0.2) is 5.78 Å². The van der Waals surface area contributed by atoms with Crippen LogP contribution in [-0.2, 0) is 9.59 Å². The van der Waals surface area contributed by atoms with Crippen molar-refractivity contribution in [3.8, 4) is 0 Å². The molecule has 26 heavy (non-hydrogen) atoms. The quantitative estimate of drug-likeness (QED) is 0.205. The summed E-state index contributed by atoms with van der Waals surface area (Å²) in [6, 6.07) is 0. The first-order valence-electron chi connectivity index (χ1n) is 10.5. The van der Waals surface area contributed by atoms with Crippen molar-refractivity contribution >= 4 is 11.7 Å². The zero-order chi connectivity index (χ0) is 19.5. The number of aliphatic hydroxyl groups excluding tert-OH is 1. The number of likely N-dealkylation sites (N-methyl/N-ethyl adjacent to an activating group) is 1. The van der Waals surface area contributed by atoms with Gasteiger partial charge in [0.25, 0.3) is 5.91 Å². The molecule has 4 nitrogen and oxygen atoms in total. The smallest absolute Gasteiger partial charge is 0.261 e. The predicted octanol–water partition coefficient (Wildman–Crippen LogP) is 5.42. The topological polar surface area (TPSA) is 57.6 Å². The van der Waals surface area contributed by atoms with Crippen molar-refractivity contribution in [1.29, 1.82) is 0 Å². The highest BCUT2D eigenvalue weighted by molar-refractivity contribution is 6.25. The monoisotopic (exact) mass is 365 g/mol. The van der Waals surface area contributed by atoms with Crippen molar-refractivity contribution in [3.05, 3.63) is 11.3 Å². The molecule has 0 aromatic rings. The van der Waals surface area contributed by atoms with E-state index in [1.54, 1.807) is 7.05 Å². The molecule has 1 atom stereocenters. The van der Waals surface area contributed by atoms with Gasteiger partial charge < -0.3 is 10.0 Å². The highest BCUT2D eigenvalue weighted by Crippen LogP contribution is 2.21. The molecule has 0 saturated carbocycles. The summed E-state index contributed by atoms with van der Waals surface area (Å²) in [6.07, 6.45) is 12.7. The Balaban J connectivity index is 2.03. The Hall–Kier alpha value is -1.32. The number of rotatable bonds is 13. The van der Waals surface area contributed by atoms with Gasteiger partial charge in [-0.2, -0.15) is 0 Å². The number of amides is 1. The van der Waals surface area contributed by atoms with Gasteiger partial charge in [0, 0.05) is 13.5 Å². The molecule has 0 aromatic heterocycles. The second-order valence-electron chi connectivity index (χ2n) is 8.50. The van der Waals surface area contributed by atoms with Crippen LogP contribution in [0.4, 0.5) is 0 Å². The molecule has 1 saturated heterocycles. The van der Waals surface area contributed by atoms with Gasteiger partial charge >= 0.3 is 0 Å². The molecule has 1 heterocycles. The Kier molecular flexibility index (Phi) is 10.6. The van der Waals surface area contributed by atoms with Crippen molar-refractivity contribution in [3.63, 3.8) is 0 Å². The van der Waals surface area contributed by atoms with Gasteiger partial charge in [-0.05, 0) is 18.3 Å². The molecule has 1 N–H and O–H groups in total. The van der Waals surface area contributed by atoms with E-state index < -0.39 is 0 Å². The van der Waals surface area contributed by atoms with Crippen LogP contribution in [0.15, 0.2) is 11.3 Å². The molecule has 1 amide bonds. The summed E-state index contributed by atoms with van der Waals surface area (Å²) in [5.74, 6) is 1.07. The van der Waals surface area contributed by atoms with E-state index in [1.165, 1.54) is 49.8 Å². The number of likely N-dealkylation sites (tertiary alicyclic amines) is 1. The first-order chi connectivity index (χ1) is 12.3. The number of hydrogen-bond acceptors (Lipinski definition) is 3. The highest BCUT2D eigenvalue weighted by atomic mass is 16.3. The van der Waals surface area contributed by atoms with Crippen molar-refractivity contribution in [2.75, 3.05) is 13.6 Å². The van der Waals surface area contributed by atoms with E-state index in [9.17, 15) is 14.7 Å². The molecule has 1 aliphatic rings. The molecule has 0 bridgehead atoms. The van der Waals surface area contributed by atoms with Crippen LogP contribution in [0.25, 0.3) is 0 Å². The minimum atomic E-state index is -0.338. The van der Waals surface area contributed by atoms with Crippen LogP contribution in [0.3, 0.4) is 0 Å². The number of unbranched alkanes of at least 4 members (excludes halogenated alkanes) is 6. The minimum absolute atomic E-state index is 0.0130. The van der Waals surface area contributed by atoms with Crippen LogP contribution in [0.5, 0.6) is 0 Å². The number of aliphatic hydroxyl groups is 1. The van der Waals surface area contributed by atoms with E-state index in [0.717, 1.165) is 31.1 Å². The lowest BCUT2D eigenvalue weighted by molar-refractivity contribution is -0.123. The van der Waals surface area contributed by atoms with Crippen molar-refractivity contribution in [2.24, 2.45) is 11.8 Å². The van der Waals surface area contributed by atoms with Gasteiger partial charge in [-0.3, -0.25) is 9.59 Å². The number of Topliss-reactive ketones (excluding diaryl/α,β-unsaturated/α-hetero) is 1. The SMILES string of the molecule is CC(C)CCC(C)CCCCCCCCCC(O)=C1C(=O)CN(C)C1=O. The van der Waals surface area contributed by atoms with Crippen LogP contribution in [-0.4, -0.2) is 35.3 Å². The molecule has 1 rings (SSSR count). The Morgan fingerprint density at radius 1 is 0.923 bits per heavy atom. The normalized spacial score (nSPS) is 18.1. The fourth-order valence-electron chi connectivity index (χ4n) is 3.52. The molecule has 0 aliphatic carbocycles. The third-order valence-corrected chi connectivity index (χ3v) is 5.36. The Morgan fingerprint density at radius 3 is 2.04 bits per heavy atom. The molecular weight excluding hydrogens is 326 g/mol. The van der Waals surface area contributed by atoms with E-state index in [-0.39, 0.29) is 29.6 Å². The first-order valence-corrected chi connectivity index (χ1v) is 10.5. The summed E-state index contributed by atoms with van der Waals surface area (Å²) >= 11 is 0. The molecule has 0 radical (unpaired) electrons. The van der Waals surface area contributed by atoms with Crippen LogP contribution >= 0.6 is 0 Å². The van der Waals surface area contributed by atoms with Crippen molar-refractivity contribution in [1.82, 2.24) is 4.90 Å². The third-order valence-electron chi connectivity index (χ3n) is 5.36. The van der Waals surface area contributed by atoms with Gasteiger partial charge in [-0.25, -0.2) is 0 Å². The fraction of sp³-hybridized carbons (Fsp3) is 0.818. The third kappa shape index (κ3) is 8.37. The van der Waals surface area contributed by atoms with E-state index in [1.807, 2.05) is 0 Å². The van der Waals surface area contributed by atoms with Crippen LogP contribution in [0.2, 0.25) is 0 Å².